The Balaban J connectivity index is 2.48. The van der Waals surface area contributed by atoms with Crippen LogP contribution >= 0.6 is 0 Å². The maximum Gasteiger partial charge on any atom is 0.238 e. The summed E-state index contributed by atoms with van der Waals surface area (Å²) >= 11 is 0. The Morgan fingerprint density at radius 3 is 1.68 bits per heavy atom. The number of Topliss-reactive ketones (excluding diaryl/α,β-unsaturated/α-hetero) is 2. The number of carbonyl (C=O) groups excluding carboxylic acids is 3. The van der Waals surface area contributed by atoms with E-state index in [0.29, 0.717) is 11.1 Å². The van der Waals surface area contributed by atoms with Crippen LogP contribution in [0.4, 0.5) is 0 Å². The summed E-state index contributed by atoms with van der Waals surface area (Å²) in [6, 6.07) is 17.0. The van der Waals surface area contributed by atoms with Crippen LogP contribution in [0.3, 0.4) is 0 Å². The van der Waals surface area contributed by atoms with Gasteiger partial charge in [0.25, 0.3) is 0 Å². The maximum absolute atomic E-state index is 12.5. The van der Waals surface area contributed by atoms with Crippen LogP contribution in [0.15, 0.2) is 71.8 Å². The van der Waals surface area contributed by atoms with Gasteiger partial charge in [-0.15, -0.1) is 0 Å². The average molecular weight is 291 g/mol. The van der Waals surface area contributed by atoms with Gasteiger partial charge in [0.05, 0.1) is 5.57 Å². The number of hydrogen-bond acceptors (Lipinski definition) is 3. The zero-order chi connectivity index (χ0) is 15.9. The third-order valence-electron chi connectivity index (χ3n) is 3.33. The molecule has 0 spiro atoms. The van der Waals surface area contributed by atoms with Crippen molar-refractivity contribution in [1.29, 1.82) is 0 Å². The first-order chi connectivity index (χ1) is 10.7. The van der Waals surface area contributed by atoms with Gasteiger partial charge in [-0.05, 0) is 6.42 Å². The number of benzene rings is 2. The summed E-state index contributed by atoms with van der Waals surface area (Å²) in [6.07, 6.45) is 1.95. The van der Waals surface area contributed by atoms with Gasteiger partial charge in [-0.1, -0.05) is 67.6 Å². The van der Waals surface area contributed by atoms with Gasteiger partial charge in [0, 0.05) is 16.7 Å². The first kappa shape index (κ1) is 15.6. The van der Waals surface area contributed by atoms with E-state index < -0.39 is 5.78 Å². The molecule has 0 heterocycles. The Morgan fingerprint density at radius 1 is 0.818 bits per heavy atom. The second-order valence-corrected chi connectivity index (χ2v) is 4.70. The molecule has 3 heteroatoms. The predicted molar refractivity (Wildman–Crippen MR) is 84.6 cm³/mol. The van der Waals surface area contributed by atoms with Crippen LogP contribution in [0, 0.1) is 0 Å². The molecular formula is C19H15O3. The molecule has 0 saturated heterocycles. The van der Waals surface area contributed by atoms with Gasteiger partial charge in [-0.25, -0.2) is 0 Å². The van der Waals surface area contributed by atoms with Crippen LogP contribution in [0.2, 0.25) is 0 Å². The largest absolute Gasteiger partial charge is 0.289 e. The molecule has 2 aromatic carbocycles. The van der Waals surface area contributed by atoms with Crippen molar-refractivity contribution in [2.45, 2.75) is 13.3 Å². The highest BCUT2D eigenvalue weighted by atomic mass is 16.1. The lowest BCUT2D eigenvalue weighted by Gasteiger charge is -2.08. The third-order valence-corrected chi connectivity index (χ3v) is 3.33. The Bertz CT molecular complexity index is 713. The van der Waals surface area contributed by atoms with Crippen LogP contribution < -0.4 is 0 Å². The van der Waals surface area contributed by atoms with Gasteiger partial charge < -0.3 is 0 Å². The van der Waals surface area contributed by atoms with Crippen molar-refractivity contribution < 1.29 is 14.4 Å². The maximum atomic E-state index is 12.5. The molecule has 0 aliphatic rings. The minimum absolute atomic E-state index is 0.190. The molecule has 0 aliphatic heterocycles. The van der Waals surface area contributed by atoms with Gasteiger partial charge in [0.1, 0.15) is 0 Å². The van der Waals surface area contributed by atoms with Crippen molar-refractivity contribution in [3.63, 3.8) is 0 Å². The van der Waals surface area contributed by atoms with E-state index in [1.807, 2.05) is 0 Å². The molecule has 0 N–H and O–H groups in total. The first-order valence-electron chi connectivity index (χ1n) is 6.99. The van der Waals surface area contributed by atoms with E-state index in [2.05, 4.69) is 0 Å². The molecule has 0 fully saturated rings. The predicted octanol–water partition coefficient (Wildman–Crippen LogP) is 3.57. The van der Waals surface area contributed by atoms with Crippen molar-refractivity contribution in [3.05, 3.63) is 82.9 Å². The van der Waals surface area contributed by atoms with Crippen molar-refractivity contribution in [1.82, 2.24) is 0 Å². The summed E-state index contributed by atoms with van der Waals surface area (Å²) in [4.78, 5) is 36.3. The number of ketones is 2. The van der Waals surface area contributed by atoms with E-state index in [4.69, 9.17) is 0 Å². The van der Waals surface area contributed by atoms with E-state index >= 15 is 0 Å². The van der Waals surface area contributed by atoms with Crippen molar-refractivity contribution in [2.75, 3.05) is 0 Å². The van der Waals surface area contributed by atoms with E-state index in [9.17, 15) is 14.4 Å². The van der Waals surface area contributed by atoms with Gasteiger partial charge in [0.15, 0.2) is 11.6 Å². The lowest BCUT2D eigenvalue weighted by molar-refractivity contribution is 0.100. The second-order valence-electron chi connectivity index (χ2n) is 4.70. The zero-order valence-electron chi connectivity index (χ0n) is 12.2. The summed E-state index contributed by atoms with van der Waals surface area (Å²) in [5.41, 5.74) is 0.818. The monoisotopic (exact) mass is 291 g/mol. The van der Waals surface area contributed by atoms with E-state index in [-0.39, 0.29) is 23.4 Å². The molecule has 0 bridgehead atoms. The van der Waals surface area contributed by atoms with Crippen LogP contribution in [0.5, 0.6) is 0 Å². The lowest BCUT2D eigenvalue weighted by atomic mass is 9.92. The Labute approximate surface area is 129 Å². The minimum Gasteiger partial charge on any atom is -0.289 e. The molecule has 2 rings (SSSR count). The fraction of sp³-hybridized carbons (Fsp3) is 0.105. The average Bonchev–Trinajstić information content (AvgIpc) is 2.60. The van der Waals surface area contributed by atoms with Gasteiger partial charge >= 0.3 is 0 Å². The SMILES string of the molecule is CC/C(C(=O)c1ccccc1)=C(/[C]=O)C(=O)c1ccccc1. The molecule has 0 unspecified atom stereocenters. The fourth-order valence-corrected chi connectivity index (χ4v) is 2.19. The van der Waals surface area contributed by atoms with Crippen LogP contribution in [0.25, 0.3) is 0 Å². The normalized spacial score (nSPS) is 11.5. The van der Waals surface area contributed by atoms with E-state index in [1.54, 1.807) is 73.9 Å². The summed E-state index contributed by atoms with van der Waals surface area (Å²) in [5, 5.41) is 0. The van der Waals surface area contributed by atoms with E-state index in [0.717, 1.165) is 0 Å². The first-order valence-corrected chi connectivity index (χ1v) is 6.99. The summed E-state index contributed by atoms with van der Waals surface area (Å²) < 4.78 is 0. The number of carbonyl (C=O) groups is 2. The Hall–Kier alpha value is -2.81. The molecule has 22 heavy (non-hydrogen) atoms. The third kappa shape index (κ3) is 3.26. The molecule has 3 nitrogen and oxygen atoms in total. The second kappa shape index (κ2) is 7.27. The van der Waals surface area contributed by atoms with Gasteiger partial charge in [-0.3, -0.25) is 14.4 Å². The van der Waals surface area contributed by atoms with Gasteiger partial charge in [0.2, 0.25) is 6.29 Å². The molecular weight excluding hydrogens is 276 g/mol. The lowest BCUT2D eigenvalue weighted by Crippen LogP contribution is -2.13. The number of rotatable bonds is 6. The molecule has 0 aromatic heterocycles. The Kier molecular flexibility index (Phi) is 5.15. The topological polar surface area (TPSA) is 51.2 Å². The van der Waals surface area contributed by atoms with Crippen molar-refractivity contribution >= 4 is 17.9 Å². The smallest absolute Gasteiger partial charge is 0.238 e. The molecule has 0 aliphatic carbocycles. The minimum atomic E-state index is -0.475. The molecule has 0 saturated carbocycles. The molecule has 109 valence electrons. The van der Waals surface area contributed by atoms with Crippen LogP contribution in [0.1, 0.15) is 34.1 Å². The fourth-order valence-electron chi connectivity index (χ4n) is 2.19. The van der Waals surface area contributed by atoms with Crippen molar-refractivity contribution in [2.24, 2.45) is 0 Å². The van der Waals surface area contributed by atoms with Gasteiger partial charge in [-0.2, -0.15) is 0 Å². The molecule has 0 atom stereocenters. The molecule has 2 aromatic rings. The standard InChI is InChI=1S/C19H15O3/c1-2-16(18(21)14-9-5-3-6-10-14)17(13-20)19(22)15-11-7-4-8-12-15/h3-12H,2H2,1H3/b17-16+. The number of allylic oxidation sites excluding steroid dienone is 2. The quantitative estimate of drug-likeness (QED) is 0.354. The van der Waals surface area contributed by atoms with Crippen LogP contribution in [-0.4, -0.2) is 17.9 Å². The molecule has 1 radical (unpaired) electrons. The highest BCUT2D eigenvalue weighted by Gasteiger charge is 2.22. The highest BCUT2D eigenvalue weighted by Crippen LogP contribution is 2.18. The zero-order valence-corrected chi connectivity index (χ0v) is 12.2. The molecule has 0 amide bonds. The summed E-state index contributed by atoms with van der Waals surface area (Å²) in [6.45, 7) is 1.74. The highest BCUT2D eigenvalue weighted by molar-refractivity contribution is 6.26. The number of hydrogen-bond donors (Lipinski definition) is 0. The summed E-state index contributed by atoms with van der Waals surface area (Å²) in [5.74, 6) is -0.789. The Morgan fingerprint density at radius 2 is 1.27 bits per heavy atom. The summed E-state index contributed by atoms with van der Waals surface area (Å²) in [7, 11) is 0. The van der Waals surface area contributed by atoms with Crippen LogP contribution in [-0.2, 0) is 4.79 Å². The van der Waals surface area contributed by atoms with Crippen molar-refractivity contribution in [3.8, 4) is 0 Å². The van der Waals surface area contributed by atoms with E-state index in [1.165, 1.54) is 0 Å².